The standard InChI is InChI=1S/C14H17N3O2/c15-14(8-4-9-14)13-16-12(17-19-13)7-10-18-11-5-2-1-3-6-11/h1-3,5-6H,4,7-10,15H2. The van der Waals surface area contributed by atoms with Gasteiger partial charge in [0.2, 0.25) is 5.89 Å². The van der Waals surface area contributed by atoms with Crippen LogP contribution in [-0.2, 0) is 12.0 Å². The zero-order valence-corrected chi connectivity index (χ0v) is 10.7. The molecule has 3 rings (SSSR count). The molecule has 1 fully saturated rings. The van der Waals surface area contributed by atoms with Gasteiger partial charge in [0.05, 0.1) is 12.1 Å². The van der Waals surface area contributed by atoms with E-state index >= 15 is 0 Å². The van der Waals surface area contributed by atoms with Crippen LogP contribution in [0.2, 0.25) is 0 Å². The van der Waals surface area contributed by atoms with Gasteiger partial charge in [-0.3, -0.25) is 0 Å². The van der Waals surface area contributed by atoms with Crippen molar-refractivity contribution in [2.75, 3.05) is 6.61 Å². The van der Waals surface area contributed by atoms with Crippen LogP contribution in [0.5, 0.6) is 5.75 Å². The average Bonchev–Trinajstić information content (AvgIpc) is 2.86. The minimum Gasteiger partial charge on any atom is -0.493 e. The van der Waals surface area contributed by atoms with Crippen molar-refractivity contribution in [1.29, 1.82) is 0 Å². The van der Waals surface area contributed by atoms with Crippen LogP contribution < -0.4 is 10.5 Å². The molecule has 2 aromatic rings. The molecule has 0 saturated heterocycles. The van der Waals surface area contributed by atoms with Gasteiger partial charge in [-0.05, 0) is 31.4 Å². The first kappa shape index (κ1) is 12.2. The summed E-state index contributed by atoms with van der Waals surface area (Å²) in [4.78, 5) is 4.35. The maximum absolute atomic E-state index is 6.13. The molecule has 1 aromatic heterocycles. The average molecular weight is 259 g/mol. The quantitative estimate of drug-likeness (QED) is 0.889. The molecule has 0 amide bonds. The van der Waals surface area contributed by atoms with Gasteiger partial charge in [-0.1, -0.05) is 23.4 Å². The molecule has 0 bridgehead atoms. The van der Waals surface area contributed by atoms with E-state index in [4.69, 9.17) is 15.0 Å². The Labute approximate surface area is 111 Å². The number of hydrogen-bond donors (Lipinski definition) is 1. The van der Waals surface area contributed by atoms with Gasteiger partial charge < -0.3 is 15.0 Å². The molecule has 0 radical (unpaired) electrons. The Morgan fingerprint density at radius 1 is 1.26 bits per heavy atom. The molecular formula is C14H17N3O2. The Kier molecular flexibility index (Phi) is 3.21. The third-order valence-electron chi connectivity index (χ3n) is 3.48. The summed E-state index contributed by atoms with van der Waals surface area (Å²) in [5.74, 6) is 2.07. The van der Waals surface area contributed by atoms with Gasteiger partial charge in [0.25, 0.3) is 0 Å². The van der Waals surface area contributed by atoms with E-state index in [0.29, 0.717) is 24.7 Å². The van der Waals surface area contributed by atoms with Gasteiger partial charge in [-0.25, -0.2) is 0 Å². The molecule has 5 nitrogen and oxygen atoms in total. The molecule has 100 valence electrons. The van der Waals surface area contributed by atoms with Crippen molar-refractivity contribution < 1.29 is 9.26 Å². The molecule has 1 aliphatic carbocycles. The van der Waals surface area contributed by atoms with E-state index in [9.17, 15) is 0 Å². The van der Waals surface area contributed by atoms with Crippen LogP contribution in [0, 0.1) is 0 Å². The van der Waals surface area contributed by atoms with Crippen molar-refractivity contribution in [3.05, 3.63) is 42.0 Å². The highest BCUT2D eigenvalue weighted by Gasteiger charge is 2.39. The summed E-state index contributed by atoms with van der Waals surface area (Å²) in [7, 11) is 0. The summed E-state index contributed by atoms with van der Waals surface area (Å²) >= 11 is 0. The maximum atomic E-state index is 6.13. The van der Waals surface area contributed by atoms with Crippen molar-refractivity contribution in [2.24, 2.45) is 5.73 Å². The van der Waals surface area contributed by atoms with Crippen LogP contribution >= 0.6 is 0 Å². The number of benzene rings is 1. The lowest BCUT2D eigenvalue weighted by molar-refractivity contribution is 0.181. The molecule has 0 atom stereocenters. The van der Waals surface area contributed by atoms with Crippen LogP contribution in [0.15, 0.2) is 34.9 Å². The smallest absolute Gasteiger partial charge is 0.246 e. The Morgan fingerprint density at radius 2 is 2.05 bits per heavy atom. The highest BCUT2D eigenvalue weighted by atomic mass is 16.5. The van der Waals surface area contributed by atoms with Crippen molar-refractivity contribution in [3.63, 3.8) is 0 Å². The lowest BCUT2D eigenvalue weighted by Crippen LogP contribution is -2.43. The topological polar surface area (TPSA) is 74.2 Å². The Hall–Kier alpha value is -1.88. The van der Waals surface area contributed by atoms with Gasteiger partial charge in [0.15, 0.2) is 5.82 Å². The second kappa shape index (κ2) is 5.01. The molecule has 1 aromatic carbocycles. The van der Waals surface area contributed by atoms with E-state index < -0.39 is 0 Å². The summed E-state index contributed by atoms with van der Waals surface area (Å²) in [6.45, 7) is 0.528. The van der Waals surface area contributed by atoms with Crippen LogP contribution in [0.25, 0.3) is 0 Å². The van der Waals surface area contributed by atoms with E-state index in [-0.39, 0.29) is 5.54 Å². The van der Waals surface area contributed by atoms with E-state index in [1.54, 1.807) is 0 Å². The van der Waals surface area contributed by atoms with Crippen molar-refractivity contribution in [2.45, 2.75) is 31.2 Å². The largest absolute Gasteiger partial charge is 0.493 e. The number of nitrogens with two attached hydrogens (primary N) is 1. The van der Waals surface area contributed by atoms with E-state index in [0.717, 1.165) is 25.0 Å². The monoisotopic (exact) mass is 259 g/mol. The fourth-order valence-corrected chi connectivity index (χ4v) is 2.11. The number of hydrogen-bond acceptors (Lipinski definition) is 5. The van der Waals surface area contributed by atoms with Crippen LogP contribution in [0.4, 0.5) is 0 Å². The first-order valence-corrected chi connectivity index (χ1v) is 6.56. The number of nitrogens with zero attached hydrogens (tertiary/aromatic N) is 2. The second-order valence-electron chi connectivity index (χ2n) is 4.94. The van der Waals surface area contributed by atoms with Crippen molar-refractivity contribution >= 4 is 0 Å². The summed E-state index contributed by atoms with van der Waals surface area (Å²) in [6, 6.07) is 9.68. The number of rotatable bonds is 5. The van der Waals surface area contributed by atoms with Gasteiger partial charge in [-0.15, -0.1) is 0 Å². The van der Waals surface area contributed by atoms with Crippen LogP contribution in [0.3, 0.4) is 0 Å². The van der Waals surface area contributed by atoms with Crippen LogP contribution in [-0.4, -0.2) is 16.7 Å². The number of para-hydroxylation sites is 1. The Bertz CT molecular complexity index is 535. The van der Waals surface area contributed by atoms with Crippen molar-refractivity contribution in [1.82, 2.24) is 10.1 Å². The third kappa shape index (κ3) is 2.61. The summed E-state index contributed by atoms with van der Waals surface area (Å²) in [5.41, 5.74) is 5.75. The molecule has 1 saturated carbocycles. The fourth-order valence-electron chi connectivity index (χ4n) is 2.11. The number of ether oxygens (including phenoxy) is 1. The highest BCUT2D eigenvalue weighted by Crippen LogP contribution is 2.37. The zero-order valence-electron chi connectivity index (χ0n) is 10.7. The molecule has 0 unspecified atom stereocenters. The summed E-state index contributed by atoms with van der Waals surface area (Å²) in [6.07, 6.45) is 3.60. The Balaban J connectivity index is 1.53. The van der Waals surface area contributed by atoms with E-state index in [1.807, 2.05) is 30.3 Å². The fraction of sp³-hybridized carbons (Fsp3) is 0.429. The Morgan fingerprint density at radius 3 is 2.74 bits per heavy atom. The van der Waals surface area contributed by atoms with Gasteiger partial charge in [-0.2, -0.15) is 4.98 Å². The predicted octanol–water partition coefficient (Wildman–Crippen LogP) is 2.03. The van der Waals surface area contributed by atoms with Crippen molar-refractivity contribution in [3.8, 4) is 5.75 Å². The molecule has 1 heterocycles. The summed E-state index contributed by atoms with van der Waals surface area (Å²) in [5, 5.41) is 3.95. The minimum absolute atomic E-state index is 0.383. The lowest BCUT2D eigenvalue weighted by atomic mass is 9.78. The molecule has 2 N–H and O–H groups in total. The normalized spacial score (nSPS) is 16.9. The first-order valence-electron chi connectivity index (χ1n) is 6.56. The molecular weight excluding hydrogens is 242 g/mol. The SMILES string of the molecule is NC1(c2nc(CCOc3ccccc3)no2)CCC1. The van der Waals surface area contributed by atoms with Gasteiger partial charge in [0, 0.05) is 6.42 Å². The molecule has 5 heteroatoms. The van der Waals surface area contributed by atoms with Crippen LogP contribution in [0.1, 0.15) is 31.0 Å². The molecule has 0 spiro atoms. The molecule has 19 heavy (non-hydrogen) atoms. The van der Waals surface area contributed by atoms with Gasteiger partial charge in [0.1, 0.15) is 5.75 Å². The van der Waals surface area contributed by atoms with Gasteiger partial charge >= 0.3 is 0 Å². The highest BCUT2D eigenvalue weighted by molar-refractivity contribution is 5.20. The summed E-state index contributed by atoms with van der Waals surface area (Å²) < 4.78 is 10.8. The lowest BCUT2D eigenvalue weighted by Gasteiger charge is -2.33. The predicted molar refractivity (Wildman–Crippen MR) is 69.7 cm³/mol. The number of aromatic nitrogens is 2. The molecule has 0 aliphatic heterocycles. The van der Waals surface area contributed by atoms with E-state index in [1.165, 1.54) is 0 Å². The minimum atomic E-state index is -0.383. The second-order valence-corrected chi connectivity index (χ2v) is 4.94. The third-order valence-corrected chi connectivity index (χ3v) is 3.48. The van der Waals surface area contributed by atoms with E-state index in [2.05, 4.69) is 10.1 Å². The first-order chi connectivity index (χ1) is 9.26. The zero-order chi connectivity index (χ0) is 13.1. The molecule has 1 aliphatic rings. The maximum Gasteiger partial charge on any atom is 0.246 e.